The lowest BCUT2D eigenvalue weighted by Gasteiger charge is -2.35. The van der Waals surface area contributed by atoms with Gasteiger partial charge in [0.2, 0.25) is 0 Å². The molecule has 0 saturated carbocycles. The highest BCUT2D eigenvalue weighted by Crippen LogP contribution is 2.21. The number of urea groups is 1. The maximum atomic E-state index is 12.6. The van der Waals surface area contributed by atoms with Crippen LogP contribution in [0.2, 0.25) is 0 Å². The van der Waals surface area contributed by atoms with Crippen molar-refractivity contribution in [2.24, 2.45) is 5.92 Å². The maximum absolute atomic E-state index is 12.6. The van der Waals surface area contributed by atoms with Crippen molar-refractivity contribution in [3.05, 3.63) is 36.5 Å². The van der Waals surface area contributed by atoms with E-state index in [2.05, 4.69) is 29.0 Å². The van der Waals surface area contributed by atoms with Gasteiger partial charge in [-0.1, -0.05) is 32.0 Å². The van der Waals surface area contributed by atoms with Gasteiger partial charge in [-0.3, -0.25) is 9.88 Å². The molecule has 0 unspecified atom stereocenters. The van der Waals surface area contributed by atoms with E-state index in [1.807, 2.05) is 35.2 Å². The Morgan fingerprint density at radius 2 is 1.92 bits per heavy atom. The lowest BCUT2D eigenvalue weighted by molar-refractivity contribution is 0.143. The Balaban J connectivity index is 1.58. The van der Waals surface area contributed by atoms with Crippen LogP contribution in [-0.2, 0) is 0 Å². The van der Waals surface area contributed by atoms with Crippen LogP contribution >= 0.6 is 0 Å². The summed E-state index contributed by atoms with van der Waals surface area (Å²) in [6, 6.07) is 9.74. The summed E-state index contributed by atoms with van der Waals surface area (Å²) >= 11 is 0. The summed E-state index contributed by atoms with van der Waals surface area (Å²) in [4.78, 5) is 21.3. The molecule has 0 spiro atoms. The molecular weight excluding hydrogens is 300 g/mol. The number of benzene rings is 1. The van der Waals surface area contributed by atoms with Crippen molar-refractivity contribution in [3.8, 4) is 0 Å². The van der Waals surface area contributed by atoms with Crippen molar-refractivity contribution in [2.75, 3.05) is 38.0 Å². The number of nitrogens with zero attached hydrogens (tertiary/aromatic N) is 3. The van der Waals surface area contributed by atoms with Crippen LogP contribution in [0.5, 0.6) is 0 Å². The zero-order valence-electron chi connectivity index (χ0n) is 14.5. The average Bonchev–Trinajstić information content (AvgIpc) is 2.60. The number of para-hydroxylation sites is 1. The normalized spacial score (nSPS) is 15.9. The van der Waals surface area contributed by atoms with E-state index in [9.17, 15) is 4.79 Å². The Bertz CT molecular complexity index is 687. The summed E-state index contributed by atoms with van der Waals surface area (Å²) < 4.78 is 0. The minimum absolute atomic E-state index is 0.0309. The number of hydrogen-bond acceptors (Lipinski definition) is 3. The number of carbonyl (C=O) groups is 1. The zero-order chi connectivity index (χ0) is 16.9. The Labute approximate surface area is 143 Å². The Kier molecular flexibility index (Phi) is 5.30. The van der Waals surface area contributed by atoms with Crippen molar-refractivity contribution in [1.29, 1.82) is 0 Å². The van der Waals surface area contributed by atoms with Crippen LogP contribution in [0.25, 0.3) is 10.9 Å². The van der Waals surface area contributed by atoms with Crippen LogP contribution in [-0.4, -0.2) is 53.5 Å². The van der Waals surface area contributed by atoms with Crippen LogP contribution < -0.4 is 5.32 Å². The molecule has 1 N–H and O–H groups in total. The van der Waals surface area contributed by atoms with Gasteiger partial charge in [0, 0.05) is 37.8 Å². The minimum Gasteiger partial charge on any atom is -0.322 e. The summed E-state index contributed by atoms with van der Waals surface area (Å²) in [6.45, 7) is 9.09. The summed E-state index contributed by atoms with van der Waals surface area (Å²) in [5.41, 5.74) is 1.62. The third-order valence-corrected chi connectivity index (χ3v) is 4.56. The first-order chi connectivity index (χ1) is 11.6. The number of pyridine rings is 1. The molecule has 24 heavy (non-hydrogen) atoms. The van der Waals surface area contributed by atoms with E-state index >= 15 is 0 Å². The van der Waals surface area contributed by atoms with Crippen LogP contribution in [0.4, 0.5) is 10.5 Å². The van der Waals surface area contributed by atoms with Crippen molar-refractivity contribution >= 4 is 22.6 Å². The average molecular weight is 326 g/mol. The molecule has 1 aromatic carbocycles. The number of piperazine rings is 1. The van der Waals surface area contributed by atoms with Crippen LogP contribution in [0.15, 0.2) is 36.5 Å². The molecule has 0 aliphatic carbocycles. The van der Waals surface area contributed by atoms with Crippen molar-refractivity contribution in [3.63, 3.8) is 0 Å². The zero-order valence-corrected chi connectivity index (χ0v) is 14.5. The second kappa shape index (κ2) is 7.62. The molecule has 1 aliphatic heterocycles. The molecule has 1 fully saturated rings. The smallest absolute Gasteiger partial charge is 0.321 e. The second-order valence-corrected chi connectivity index (χ2v) is 6.82. The third kappa shape index (κ3) is 4.03. The number of anilines is 1. The molecule has 1 aliphatic rings. The number of fused-ring (bicyclic) bond motifs is 1. The first-order valence-corrected chi connectivity index (χ1v) is 8.75. The summed E-state index contributed by atoms with van der Waals surface area (Å²) in [6.07, 6.45) is 2.97. The monoisotopic (exact) mass is 326 g/mol. The van der Waals surface area contributed by atoms with Crippen molar-refractivity contribution in [1.82, 2.24) is 14.8 Å². The lowest BCUT2D eigenvalue weighted by Crippen LogP contribution is -2.50. The van der Waals surface area contributed by atoms with Gasteiger partial charge in [-0.15, -0.1) is 0 Å². The molecule has 0 radical (unpaired) electrons. The predicted molar refractivity (Wildman–Crippen MR) is 98.2 cm³/mol. The third-order valence-electron chi connectivity index (χ3n) is 4.56. The predicted octanol–water partition coefficient (Wildman–Crippen LogP) is 3.43. The van der Waals surface area contributed by atoms with Gasteiger partial charge in [-0.2, -0.15) is 0 Å². The van der Waals surface area contributed by atoms with E-state index < -0.39 is 0 Å². The SMILES string of the molecule is CC(C)CCN1CCN(C(=O)Nc2cccc3cccnc23)CC1. The largest absolute Gasteiger partial charge is 0.322 e. The fourth-order valence-corrected chi connectivity index (χ4v) is 3.01. The van der Waals surface area contributed by atoms with Gasteiger partial charge in [0.25, 0.3) is 0 Å². The minimum atomic E-state index is -0.0309. The van der Waals surface area contributed by atoms with E-state index in [4.69, 9.17) is 0 Å². The van der Waals surface area contributed by atoms with Crippen LogP contribution in [0.1, 0.15) is 20.3 Å². The maximum Gasteiger partial charge on any atom is 0.321 e. The molecular formula is C19H26N4O. The summed E-state index contributed by atoms with van der Waals surface area (Å²) in [5.74, 6) is 0.727. The highest BCUT2D eigenvalue weighted by atomic mass is 16.2. The molecule has 2 heterocycles. The van der Waals surface area contributed by atoms with Crippen molar-refractivity contribution < 1.29 is 4.79 Å². The molecule has 2 amide bonds. The number of hydrogen-bond donors (Lipinski definition) is 1. The summed E-state index contributed by atoms with van der Waals surface area (Å²) in [7, 11) is 0. The Morgan fingerprint density at radius 3 is 2.67 bits per heavy atom. The van der Waals surface area contributed by atoms with Gasteiger partial charge >= 0.3 is 6.03 Å². The van der Waals surface area contributed by atoms with E-state index in [1.165, 1.54) is 6.42 Å². The van der Waals surface area contributed by atoms with E-state index in [0.717, 1.165) is 55.2 Å². The van der Waals surface area contributed by atoms with E-state index in [1.54, 1.807) is 6.20 Å². The standard InChI is InChI=1S/C19H26N4O/c1-15(2)8-10-22-11-13-23(14-12-22)19(24)21-17-7-3-5-16-6-4-9-20-18(16)17/h3-7,9,15H,8,10-14H2,1-2H3,(H,21,24). The molecule has 3 rings (SSSR count). The Morgan fingerprint density at radius 1 is 1.17 bits per heavy atom. The van der Waals surface area contributed by atoms with Crippen LogP contribution in [0.3, 0.4) is 0 Å². The number of aromatic nitrogens is 1. The van der Waals surface area contributed by atoms with Gasteiger partial charge in [-0.05, 0) is 31.0 Å². The van der Waals surface area contributed by atoms with E-state index in [0.29, 0.717) is 0 Å². The lowest BCUT2D eigenvalue weighted by atomic mass is 10.1. The fraction of sp³-hybridized carbons (Fsp3) is 0.474. The van der Waals surface area contributed by atoms with Crippen molar-refractivity contribution in [2.45, 2.75) is 20.3 Å². The highest BCUT2D eigenvalue weighted by Gasteiger charge is 2.21. The van der Waals surface area contributed by atoms with Gasteiger partial charge in [0.1, 0.15) is 0 Å². The number of amides is 2. The quantitative estimate of drug-likeness (QED) is 0.936. The number of nitrogens with one attached hydrogen (secondary N) is 1. The van der Waals surface area contributed by atoms with Gasteiger partial charge in [0.15, 0.2) is 0 Å². The first-order valence-electron chi connectivity index (χ1n) is 8.75. The molecule has 5 heteroatoms. The van der Waals surface area contributed by atoms with Crippen LogP contribution in [0, 0.1) is 5.92 Å². The Hall–Kier alpha value is -2.14. The summed E-state index contributed by atoms with van der Waals surface area (Å²) in [5, 5.41) is 4.06. The molecule has 2 aromatic rings. The first kappa shape index (κ1) is 16.7. The molecule has 0 bridgehead atoms. The van der Waals surface area contributed by atoms with Gasteiger partial charge in [-0.25, -0.2) is 4.79 Å². The molecule has 1 saturated heterocycles. The van der Waals surface area contributed by atoms with Gasteiger partial charge in [0.05, 0.1) is 11.2 Å². The number of rotatable bonds is 4. The highest BCUT2D eigenvalue weighted by molar-refractivity contribution is 5.99. The van der Waals surface area contributed by atoms with E-state index in [-0.39, 0.29) is 6.03 Å². The second-order valence-electron chi connectivity index (χ2n) is 6.82. The number of carbonyl (C=O) groups excluding carboxylic acids is 1. The molecule has 128 valence electrons. The molecule has 0 atom stereocenters. The topological polar surface area (TPSA) is 48.5 Å². The molecule has 5 nitrogen and oxygen atoms in total. The molecule has 1 aromatic heterocycles. The van der Waals surface area contributed by atoms with Gasteiger partial charge < -0.3 is 10.2 Å². The fourth-order valence-electron chi connectivity index (χ4n) is 3.01.